The average Bonchev–Trinajstić information content (AvgIpc) is 2.64. The van der Waals surface area contributed by atoms with Crippen molar-refractivity contribution in [3.63, 3.8) is 0 Å². The summed E-state index contributed by atoms with van der Waals surface area (Å²) in [4.78, 5) is 14.9. The van der Waals surface area contributed by atoms with E-state index < -0.39 is 5.82 Å². The summed E-state index contributed by atoms with van der Waals surface area (Å²) in [6.45, 7) is 2.39. The molecule has 0 unspecified atom stereocenters. The number of likely N-dealkylation sites (tertiary alicyclic amines) is 1. The molecule has 0 saturated carbocycles. The second-order valence-corrected chi connectivity index (χ2v) is 7.43. The lowest BCUT2D eigenvalue weighted by Crippen LogP contribution is -2.40. The third-order valence-corrected chi connectivity index (χ3v) is 5.58. The largest absolute Gasteiger partial charge is 0.339 e. The highest BCUT2D eigenvalue weighted by molar-refractivity contribution is 6.42. The number of carbonyl (C=O) groups excluding carboxylic acids is 1. The van der Waals surface area contributed by atoms with Crippen molar-refractivity contribution >= 4 is 29.1 Å². The molecule has 3 rings (SSSR count). The molecule has 0 aromatic heterocycles. The molecule has 1 fully saturated rings. The molecule has 1 N–H and O–H groups in total. The molecule has 2 aromatic carbocycles. The molecule has 1 heterocycles. The smallest absolute Gasteiger partial charge is 0.254 e. The predicted molar refractivity (Wildman–Crippen MR) is 104 cm³/mol. The number of benzene rings is 2. The van der Waals surface area contributed by atoms with Crippen LogP contribution in [0.3, 0.4) is 0 Å². The molecule has 138 valence electrons. The van der Waals surface area contributed by atoms with Crippen LogP contribution in [0, 0.1) is 11.7 Å². The second-order valence-electron chi connectivity index (χ2n) is 6.61. The standard InChI is InChI=1S/C20H21Cl2FN2O/c1-24-12-13-6-8-25(9-7-13)20(26)16-4-3-15(23)11-17(16)14-2-5-18(21)19(22)10-14/h2-5,10-11,13,24H,6-9,12H2,1H3. The molecule has 1 aliphatic rings. The highest BCUT2D eigenvalue weighted by atomic mass is 35.5. The molecule has 6 heteroatoms. The number of hydrogen-bond acceptors (Lipinski definition) is 2. The van der Waals surface area contributed by atoms with Gasteiger partial charge in [-0.15, -0.1) is 0 Å². The highest BCUT2D eigenvalue weighted by Crippen LogP contribution is 2.32. The van der Waals surface area contributed by atoms with Gasteiger partial charge in [-0.2, -0.15) is 0 Å². The summed E-state index contributed by atoms with van der Waals surface area (Å²) in [7, 11) is 1.94. The summed E-state index contributed by atoms with van der Waals surface area (Å²) in [5.41, 5.74) is 1.69. The number of hydrogen-bond donors (Lipinski definition) is 1. The van der Waals surface area contributed by atoms with Crippen LogP contribution in [0.4, 0.5) is 4.39 Å². The van der Waals surface area contributed by atoms with E-state index in [1.54, 1.807) is 24.3 Å². The van der Waals surface area contributed by atoms with E-state index in [1.165, 1.54) is 12.1 Å². The molecular formula is C20H21Cl2FN2O. The Morgan fingerprint density at radius 2 is 1.88 bits per heavy atom. The number of piperidine rings is 1. The molecule has 1 saturated heterocycles. The monoisotopic (exact) mass is 394 g/mol. The first-order valence-electron chi connectivity index (χ1n) is 8.68. The Balaban J connectivity index is 1.88. The van der Waals surface area contributed by atoms with E-state index in [0.29, 0.717) is 45.7 Å². The lowest BCUT2D eigenvalue weighted by Gasteiger charge is -2.32. The Morgan fingerprint density at radius 3 is 2.54 bits per heavy atom. The number of nitrogens with zero attached hydrogens (tertiary/aromatic N) is 1. The Labute approximate surface area is 163 Å². The predicted octanol–water partition coefficient (Wildman–Crippen LogP) is 4.87. The number of carbonyl (C=O) groups is 1. The Morgan fingerprint density at radius 1 is 1.15 bits per heavy atom. The van der Waals surface area contributed by atoms with Crippen LogP contribution in [0.15, 0.2) is 36.4 Å². The Hall–Kier alpha value is -1.62. The summed E-state index contributed by atoms with van der Waals surface area (Å²) in [6, 6.07) is 9.31. The van der Waals surface area contributed by atoms with Gasteiger partial charge in [0.05, 0.1) is 10.0 Å². The third-order valence-electron chi connectivity index (χ3n) is 4.84. The van der Waals surface area contributed by atoms with E-state index in [0.717, 1.165) is 19.4 Å². The molecule has 0 atom stereocenters. The van der Waals surface area contributed by atoms with Gasteiger partial charge in [0.25, 0.3) is 5.91 Å². The minimum absolute atomic E-state index is 0.0750. The van der Waals surface area contributed by atoms with Gasteiger partial charge in [-0.1, -0.05) is 29.3 Å². The lowest BCUT2D eigenvalue weighted by molar-refractivity contribution is 0.0691. The van der Waals surface area contributed by atoms with E-state index >= 15 is 0 Å². The van der Waals surface area contributed by atoms with Gasteiger partial charge in [0.15, 0.2) is 0 Å². The fraction of sp³-hybridized carbons (Fsp3) is 0.350. The molecule has 26 heavy (non-hydrogen) atoms. The zero-order chi connectivity index (χ0) is 18.7. The minimum atomic E-state index is -0.393. The number of nitrogens with one attached hydrogen (secondary N) is 1. The van der Waals surface area contributed by atoms with E-state index in [4.69, 9.17) is 23.2 Å². The van der Waals surface area contributed by atoms with Crippen molar-refractivity contribution in [3.05, 3.63) is 57.8 Å². The zero-order valence-corrected chi connectivity index (χ0v) is 16.1. The van der Waals surface area contributed by atoms with Crippen molar-refractivity contribution in [2.75, 3.05) is 26.7 Å². The molecular weight excluding hydrogens is 374 g/mol. The quantitative estimate of drug-likeness (QED) is 0.801. The first-order chi connectivity index (χ1) is 12.5. The first kappa shape index (κ1) is 19.2. The SMILES string of the molecule is CNCC1CCN(C(=O)c2ccc(F)cc2-c2ccc(Cl)c(Cl)c2)CC1. The van der Waals surface area contributed by atoms with E-state index in [9.17, 15) is 9.18 Å². The van der Waals surface area contributed by atoms with Crippen LogP contribution in [0.25, 0.3) is 11.1 Å². The maximum Gasteiger partial charge on any atom is 0.254 e. The number of rotatable bonds is 4. The van der Waals surface area contributed by atoms with Gasteiger partial charge in [0, 0.05) is 18.7 Å². The summed E-state index contributed by atoms with van der Waals surface area (Å²) in [6.07, 6.45) is 1.94. The van der Waals surface area contributed by atoms with Gasteiger partial charge < -0.3 is 10.2 Å². The molecule has 0 spiro atoms. The van der Waals surface area contributed by atoms with Gasteiger partial charge in [-0.3, -0.25) is 4.79 Å². The average molecular weight is 395 g/mol. The van der Waals surface area contributed by atoms with Crippen LogP contribution in [-0.2, 0) is 0 Å². The van der Waals surface area contributed by atoms with Crippen molar-refractivity contribution in [2.45, 2.75) is 12.8 Å². The normalized spacial score (nSPS) is 15.3. The van der Waals surface area contributed by atoms with Gasteiger partial charge in [0.1, 0.15) is 5.82 Å². The molecule has 3 nitrogen and oxygen atoms in total. The van der Waals surface area contributed by atoms with Crippen LogP contribution in [0.5, 0.6) is 0 Å². The van der Waals surface area contributed by atoms with Gasteiger partial charge in [-0.05, 0) is 73.8 Å². The van der Waals surface area contributed by atoms with Crippen molar-refractivity contribution < 1.29 is 9.18 Å². The third kappa shape index (κ3) is 4.20. The van der Waals surface area contributed by atoms with E-state index in [2.05, 4.69) is 5.32 Å². The zero-order valence-electron chi connectivity index (χ0n) is 14.6. The molecule has 1 aliphatic heterocycles. The van der Waals surface area contributed by atoms with E-state index in [1.807, 2.05) is 11.9 Å². The Kier molecular flexibility index (Phi) is 6.17. The van der Waals surface area contributed by atoms with Crippen LogP contribution in [0.1, 0.15) is 23.2 Å². The summed E-state index contributed by atoms with van der Waals surface area (Å²) >= 11 is 12.1. The summed E-state index contributed by atoms with van der Waals surface area (Å²) < 4.78 is 13.9. The molecule has 1 amide bonds. The Bertz CT molecular complexity index is 804. The maximum atomic E-state index is 13.9. The van der Waals surface area contributed by atoms with Crippen LogP contribution in [-0.4, -0.2) is 37.5 Å². The molecule has 0 bridgehead atoms. The van der Waals surface area contributed by atoms with Crippen molar-refractivity contribution in [3.8, 4) is 11.1 Å². The van der Waals surface area contributed by atoms with Crippen molar-refractivity contribution in [1.82, 2.24) is 10.2 Å². The van der Waals surface area contributed by atoms with Crippen molar-refractivity contribution in [2.24, 2.45) is 5.92 Å². The van der Waals surface area contributed by atoms with Crippen LogP contribution in [0.2, 0.25) is 10.0 Å². The topological polar surface area (TPSA) is 32.3 Å². The number of amides is 1. The molecule has 0 aliphatic carbocycles. The molecule has 0 radical (unpaired) electrons. The fourth-order valence-corrected chi connectivity index (χ4v) is 3.70. The summed E-state index contributed by atoms with van der Waals surface area (Å²) in [5, 5.41) is 3.99. The second kappa shape index (κ2) is 8.38. The number of halogens is 3. The van der Waals surface area contributed by atoms with E-state index in [-0.39, 0.29) is 5.91 Å². The first-order valence-corrected chi connectivity index (χ1v) is 9.44. The summed E-state index contributed by atoms with van der Waals surface area (Å²) in [5.74, 6) is 0.121. The van der Waals surface area contributed by atoms with Gasteiger partial charge in [-0.25, -0.2) is 4.39 Å². The highest BCUT2D eigenvalue weighted by Gasteiger charge is 2.25. The van der Waals surface area contributed by atoms with Gasteiger partial charge >= 0.3 is 0 Å². The van der Waals surface area contributed by atoms with Crippen LogP contribution >= 0.6 is 23.2 Å². The van der Waals surface area contributed by atoms with Crippen LogP contribution < -0.4 is 5.32 Å². The fourth-order valence-electron chi connectivity index (χ4n) is 3.40. The minimum Gasteiger partial charge on any atom is -0.339 e. The van der Waals surface area contributed by atoms with Crippen molar-refractivity contribution in [1.29, 1.82) is 0 Å². The molecule has 2 aromatic rings. The van der Waals surface area contributed by atoms with Gasteiger partial charge in [0.2, 0.25) is 0 Å². The lowest BCUT2D eigenvalue weighted by atomic mass is 9.94. The maximum absolute atomic E-state index is 13.9.